The minimum atomic E-state index is -0.218. The van der Waals surface area contributed by atoms with Gasteiger partial charge in [-0.25, -0.2) is 0 Å². The SMILES string of the molecule is Cc1ccc(CCCC(=O)Nc2c(C(=O)N3CCOCC3)oc3ccccc23)cc1. The fourth-order valence-corrected chi connectivity index (χ4v) is 3.64. The van der Waals surface area contributed by atoms with E-state index in [0.717, 1.165) is 18.2 Å². The van der Waals surface area contributed by atoms with Crippen LogP contribution in [0.25, 0.3) is 11.0 Å². The summed E-state index contributed by atoms with van der Waals surface area (Å²) >= 11 is 0. The number of hydrogen-bond acceptors (Lipinski definition) is 4. The highest BCUT2D eigenvalue weighted by Gasteiger charge is 2.27. The van der Waals surface area contributed by atoms with E-state index in [1.54, 1.807) is 11.0 Å². The third kappa shape index (κ3) is 4.54. The van der Waals surface area contributed by atoms with E-state index >= 15 is 0 Å². The predicted molar refractivity (Wildman–Crippen MR) is 116 cm³/mol. The Bertz CT molecular complexity index is 1030. The molecule has 0 aliphatic carbocycles. The lowest BCUT2D eigenvalue weighted by Gasteiger charge is -2.26. The zero-order valence-corrected chi connectivity index (χ0v) is 17.1. The van der Waals surface area contributed by atoms with Gasteiger partial charge in [0.25, 0.3) is 5.91 Å². The van der Waals surface area contributed by atoms with Gasteiger partial charge >= 0.3 is 0 Å². The van der Waals surface area contributed by atoms with Gasteiger partial charge in [0.05, 0.1) is 13.2 Å². The number of amides is 2. The van der Waals surface area contributed by atoms with Crippen molar-refractivity contribution in [1.82, 2.24) is 4.90 Å². The first-order valence-electron chi connectivity index (χ1n) is 10.4. The van der Waals surface area contributed by atoms with E-state index in [-0.39, 0.29) is 17.6 Å². The molecule has 0 radical (unpaired) electrons. The lowest BCUT2D eigenvalue weighted by molar-refractivity contribution is -0.116. The molecule has 6 heteroatoms. The summed E-state index contributed by atoms with van der Waals surface area (Å²) in [6.07, 6.45) is 1.94. The average molecular weight is 406 g/mol. The summed E-state index contributed by atoms with van der Waals surface area (Å²) in [5, 5.41) is 3.67. The number of nitrogens with one attached hydrogen (secondary N) is 1. The molecular formula is C24H26N2O4. The van der Waals surface area contributed by atoms with Crippen molar-refractivity contribution in [3.63, 3.8) is 0 Å². The Kier molecular flexibility index (Phi) is 6.14. The van der Waals surface area contributed by atoms with Crippen LogP contribution in [0.4, 0.5) is 5.69 Å². The van der Waals surface area contributed by atoms with Crippen molar-refractivity contribution in [2.45, 2.75) is 26.2 Å². The summed E-state index contributed by atoms with van der Waals surface area (Å²) in [5.41, 5.74) is 3.48. The first-order valence-corrected chi connectivity index (χ1v) is 10.4. The number of rotatable bonds is 6. The van der Waals surface area contributed by atoms with E-state index in [2.05, 4.69) is 36.5 Å². The fraction of sp³-hybridized carbons (Fsp3) is 0.333. The van der Waals surface area contributed by atoms with E-state index in [0.29, 0.717) is 44.0 Å². The van der Waals surface area contributed by atoms with E-state index in [9.17, 15) is 9.59 Å². The van der Waals surface area contributed by atoms with Gasteiger partial charge in [0.15, 0.2) is 0 Å². The largest absolute Gasteiger partial charge is 0.449 e. The lowest BCUT2D eigenvalue weighted by atomic mass is 10.1. The number of furan rings is 1. The third-order valence-electron chi connectivity index (χ3n) is 5.34. The molecule has 156 valence electrons. The van der Waals surface area contributed by atoms with Gasteiger partial charge in [-0.15, -0.1) is 0 Å². The Hall–Kier alpha value is -3.12. The molecule has 1 N–H and O–H groups in total. The smallest absolute Gasteiger partial charge is 0.291 e. The van der Waals surface area contributed by atoms with Crippen molar-refractivity contribution in [3.8, 4) is 0 Å². The number of fused-ring (bicyclic) bond motifs is 1. The fourth-order valence-electron chi connectivity index (χ4n) is 3.64. The summed E-state index contributed by atoms with van der Waals surface area (Å²) in [7, 11) is 0. The summed E-state index contributed by atoms with van der Waals surface area (Å²) < 4.78 is 11.2. The van der Waals surface area contributed by atoms with Gasteiger partial charge < -0.3 is 19.4 Å². The van der Waals surface area contributed by atoms with Crippen LogP contribution in [0.1, 0.15) is 34.5 Å². The van der Waals surface area contributed by atoms with Crippen LogP contribution in [0.5, 0.6) is 0 Å². The number of hydrogen-bond donors (Lipinski definition) is 1. The monoisotopic (exact) mass is 406 g/mol. The second-order valence-electron chi connectivity index (χ2n) is 7.59. The molecule has 30 heavy (non-hydrogen) atoms. The second-order valence-corrected chi connectivity index (χ2v) is 7.59. The third-order valence-corrected chi connectivity index (χ3v) is 5.34. The summed E-state index contributed by atoms with van der Waals surface area (Å²) in [5.74, 6) is -0.154. The molecule has 1 aromatic heterocycles. The zero-order chi connectivity index (χ0) is 20.9. The molecule has 1 fully saturated rings. The zero-order valence-electron chi connectivity index (χ0n) is 17.1. The maximum absolute atomic E-state index is 13.0. The normalized spacial score (nSPS) is 14.1. The van der Waals surface area contributed by atoms with Gasteiger partial charge in [0, 0.05) is 24.9 Å². The molecule has 0 spiro atoms. The lowest BCUT2D eigenvalue weighted by Crippen LogP contribution is -2.40. The van der Waals surface area contributed by atoms with Crippen molar-refractivity contribution in [2.24, 2.45) is 0 Å². The second kappa shape index (κ2) is 9.13. The number of morpholine rings is 1. The van der Waals surface area contributed by atoms with Gasteiger partial charge in [0.2, 0.25) is 11.7 Å². The molecule has 3 aromatic rings. The van der Waals surface area contributed by atoms with Crippen molar-refractivity contribution in [3.05, 3.63) is 65.4 Å². The van der Waals surface area contributed by atoms with Crippen LogP contribution in [-0.2, 0) is 16.0 Å². The Morgan fingerprint density at radius 2 is 1.77 bits per heavy atom. The molecule has 0 bridgehead atoms. The molecule has 1 saturated heterocycles. The number of nitrogens with zero attached hydrogens (tertiary/aromatic N) is 1. The van der Waals surface area contributed by atoms with Gasteiger partial charge in [-0.3, -0.25) is 9.59 Å². The minimum absolute atomic E-state index is 0.121. The van der Waals surface area contributed by atoms with Gasteiger partial charge in [-0.05, 0) is 37.5 Å². The van der Waals surface area contributed by atoms with Crippen LogP contribution in [0.15, 0.2) is 52.9 Å². The van der Waals surface area contributed by atoms with Crippen LogP contribution in [0.2, 0.25) is 0 Å². The molecule has 2 amide bonds. The standard InChI is InChI=1S/C24H26N2O4/c1-17-9-11-18(12-10-17)5-4-8-21(27)25-22-19-6-2-3-7-20(19)30-23(22)24(28)26-13-15-29-16-14-26/h2-3,6-7,9-12H,4-5,8,13-16H2,1H3,(H,25,27). The van der Waals surface area contributed by atoms with Crippen molar-refractivity contribution in [2.75, 3.05) is 31.6 Å². The number of anilines is 1. The Labute approximate surface area is 175 Å². The van der Waals surface area contributed by atoms with Gasteiger partial charge in [0.1, 0.15) is 11.3 Å². The van der Waals surface area contributed by atoms with Crippen LogP contribution in [0.3, 0.4) is 0 Å². The highest BCUT2D eigenvalue weighted by molar-refractivity contribution is 6.10. The number of benzene rings is 2. The summed E-state index contributed by atoms with van der Waals surface area (Å²) in [4.78, 5) is 27.4. The number of carbonyl (C=O) groups is 2. The molecule has 2 aromatic carbocycles. The van der Waals surface area contributed by atoms with E-state index in [1.807, 2.05) is 18.2 Å². The molecular weight excluding hydrogens is 380 g/mol. The highest BCUT2D eigenvalue weighted by atomic mass is 16.5. The predicted octanol–water partition coefficient (Wildman–Crippen LogP) is 4.18. The minimum Gasteiger partial charge on any atom is -0.449 e. The Morgan fingerprint density at radius 3 is 2.53 bits per heavy atom. The van der Waals surface area contributed by atoms with Crippen molar-refractivity contribution >= 4 is 28.5 Å². The number of aryl methyl sites for hydroxylation is 2. The number of para-hydroxylation sites is 1. The summed E-state index contributed by atoms with van der Waals surface area (Å²) in [6, 6.07) is 15.7. The maximum atomic E-state index is 13.0. The van der Waals surface area contributed by atoms with Gasteiger partial charge in [-0.1, -0.05) is 42.0 Å². The number of ether oxygens (including phenoxy) is 1. The van der Waals surface area contributed by atoms with Crippen LogP contribution < -0.4 is 5.32 Å². The molecule has 0 atom stereocenters. The van der Waals surface area contributed by atoms with Crippen LogP contribution in [0, 0.1) is 6.92 Å². The van der Waals surface area contributed by atoms with E-state index in [1.165, 1.54) is 11.1 Å². The average Bonchev–Trinajstić information content (AvgIpc) is 3.13. The molecule has 1 aliphatic heterocycles. The van der Waals surface area contributed by atoms with Crippen LogP contribution in [-0.4, -0.2) is 43.0 Å². The highest BCUT2D eigenvalue weighted by Crippen LogP contribution is 2.32. The van der Waals surface area contributed by atoms with Crippen LogP contribution >= 0.6 is 0 Å². The molecule has 4 rings (SSSR count). The first kappa shape index (κ1) is 20.2. The van der Waals surface area contributed by atoms with Gasteiger partial charge in [-0.2, -0.15) is 0 Å². The maximum Gasteiger partial charge on any atom is 0.291 e. The molecule has 0 saturated carbocycles. The summed E-state index contributed by atoms with van der Waals surface area (Å²) in [6.45, 7) is 4.10. The van der Waals surface area contributed by atoms with E-state index in [4.69, 9.17) is 9.15 Å². The molecule has 1 aliphatic rings. The molecule has 0 unspecified atom stereocenters. The Morgan fingerprint density at radius 1 is 1.03 bits per heavy atom. The molecule has 6 nitrogen and oxygen atoms in total. The quantitative estimate of drug-likeness (QED) is 0.667. The first-order chi connectivity index (χ1) is 14.6. The topological polar surface area (TPSA) is 71.8 Å². The van der Waals surface area contributed by atoms with Crippen molar-refractivity contribution < 1.29 is 18.7 Å². The Balaban J connectivity index is 1.47. The molecule has 2 heterocycles. The number of carbonyl (C=O) groups excluding carboxylic acids is 2. The van der Waals surface area contributed by atoms with Crippen molar-refractivity contribution in [1.29, 1.82) is 0 Å². The van der Waals surface area contributed by atoms with E-state index < -0.39 is 0 Å².